The highest BCUT2D eigenvalue weighted by Crippen LogP contribution is 2.17. The predicted molar refractivity (Wildman–Crippen MR) is 122 cm³/mol. The van der Waals surface area contributed by atoms with Gasteiger partial charge in [-0.1, -0.05) is 31.0 Å². The fourth-order valence-electron chi connectivity index (χ4n) is 3.22. The number of anilines is 3. The molecule has 0 aliphatic rings. The molecular weight excluding hydrogens is 400 g/mol. The minimum absolute atomic E-state index is 0.00317. The largest absolute Gasteiger partial charge is 0.383 e. The van der Waals surface area contributed by atoms with E-state index in [1.54, 1.807) is 13.0 Å². The fraction of sp³-hybridized carbons (Fsp3) is 0.429. The number of carbonyl (C=O) groups is 2. The van der Waals surface area contributed by atoms with Crippen LogP contribution in [0.4, 0.5) is 22.0 Å². The third-order valence-corrected chi connectivity index (χ3v) is 4.86. The van der Waals surface area contributed by atoms with Crippen molar-refractivity contribution in [2.24, 2.45) is 0 Å². The third kappa shape index (κ3) is 5.97. The van der Waals surface area contributed by atoms with Crippen molar-refractivity contribution in [2.75, 3.05) is 29.0 Å². The number of urea groups is 1. The minimum Gasteiger partial charge on any atom is -0.383 e. The van der Waals surface area contributed by atoms with Crippen LogP contribution in [0.15, 0.2) is 27.8 Å². The van der Waals surface area contributed by atoms with Gasteiger partial charge in [0.05, 0.1) is 6.54 Å². The first-order valence-corrected chi connectivity index (χ1v) is 10.2. The Morgan fingerprint density at radius 1 is 1.19 bits per heavy atom. The van der Waals surface area contributed by atoms with E-state index >= 15 is 0 Å². The number of imide groups is 1. The van der Waals surface area contributed by atoms with E-state index in [9.17, 15) is 19.2 Å². The number of likely N-dealkylation sites (N-methyl/N-ethyl adjacent to an activating group) is 1. The molecule has 2 aromatic rings. The van der Waals surface area contributed by atoms with E-state index in [4.69, 9.17) is 5.73 Å². The van der Waals surface area contributed by atoms with Crippen LogP contribution in [0, 0.1) is 13.8 Å². The van der Waals surface area contributed by atoms with E-state index < -0.39 is 23.2 Å². The van der Waals surface area contributed by atoms with Crippen molar-refractivity contribution in [3.63, 3.8) is 0 Å². The number of H-pyrrole nitrogens is 1. The first-order valence-electron chi connectivity index (χ1n) is 10.2. The topological polar surface area (TPSA) is 142 Å². The Hall–Kier alpha value is -3.56. The first-order chi connectivity index (χ1) is 14.7. The number of nitrogen functional groups attached to an aromatic ring is 1. The molecule has 0 saturated heterocycles. The highest BCUT2D eigenvalue weighted by atomic mass is 16.2. The average molecular weight is 431 g/mol. The van der Waals surface area contributed by atoms with Crippen LogP contribution in [-0.4, -0.2) is 34.6 Å². The lowest BCUT2D eigenvalue weighted by atomic mass is 10.1. The minimum atomic E-state index is -0.678. The maximum atomic E-state index is 12.4. The summed E-state index contributed by atoms with van der Waals surface area (Å²) in [6.07, 6.45) is 1.55. The number of hydrogen-bond donors (Lipinski definition) is 4. The van der Waals surface area contributed by atoms with Crippen molar-refractivity contribution < 1.29 is 9.59 Å². The number of carbonyl (C=O) groups excluding carboxylic acids is 2. The molecule has 0 unspecified atom stereocenters. The second-order valence-corrected chi connectivity index (χ2v) is 7.33. The number of aryl methyl sites for hydroxylation is 2. The lowest BCUT2D eigenvalue weighted by Gasteiger charge is -2.24. The maximum Gasteiger partial charge on any atom is 0.330 e. The molecule has 31 heavy (non-hydrogen) atoms. The highest BCUT2D eigenvalue weighted by molar-refractivity contribution is 6.02. The molecular formula is C21H30N6O4. The zero-order valence-electron chi connectivity index (χ0n) is 18.4. The van der Waals surface area contributed by atoms with Crippen molar-refractivity contribution in [3.8, 4) is 0 Å². The smallest absolute Gasteiger partial charge is 0.330 e. The Morgan fingerprint density at radius 3 is 2.52 bits per heavy atom. The maximum absolute atomic E-state index is 12.4. The number of amides is 3. The number of nitrogens with two attached hydrogens (primary N) is 1. The first kappa shape index (κ1) is 23.7. The van der Waals surface area contributed by atoms with Crippen molar-refractivity contribution in [3.05, 3.63) is 50.2 Å². The summed E-state index contributed by atoms with van der Waals surface area (Å²) in [6, 6.07) is 4.85. The van der Waals surface area contributed by atoms with Gasteiger partial charge < -0.3 is 16.0 Å². The van der Waals surface area contributed by atoms with Crippen LogP contribution in [-0.2, 0) is 11.3 Å². The molecule has 0 bridgehead atoms. The van der Waals surface area contributed by atoms with Crippen molar-refractivity contribution in [2.45, 2.75) is 47.1 Å². The molecule has 1 heterocycles. The van der Waals surface area contributed by atoms with E-state index in [-0.39, 0.29) is 24.6 Å². The van der Waals surface area contributed by atoms with Crippen LogP contribution >= 0.6 is 0 Å². The van der Waals surface area contributed by atoms with Gasteiger partial charge >= 0.3 is 11.7 Å². The van der Waals surface area contributed by atoms with Crippen LogP contribution < -0.4 is 32.5 Å². The summed E-state index contributed by atoms with van der Waals surface area (Å²) < 4.78 is 1.29. The molecule has 1 aromatic heterocycles. The number of benzene rings is 1. The van der Waals surface area contributed by atoms with Gasteiger partial charge in [0, 0.05) is 18.8 Å². The predicted octanol–water partition coefficient (Wildman–Crippen LogP) is 1.71. The van der Waals surface area contributed by atoms with Gasteiger partial charge in [-0.05, 0) is 38.8 Å². The second kappa shape index (κ2) is 10.5. The molecule has 3 amide bonds. The number of nitrogens with zero attached hydrogens (tertiary/aromatic N) is 2. The zero-order valence-corrected chi connectivity index (χ0v) is 18.4. The van der Waals surface area contributed by atoms with Gasteiger partial charge in [0.15, 0.2) is 0 Å². The van der Waals surface area contributed by atoms with Gasteiger partial charge in [0.2, 0.25) is 5.91 Å². The van der Waals surface area contributed by atoms with Crippen molar-refractivity contribution >= 4 is 29.1 Å². The zero-order chi connectivity index (χ0) is 23.1. The lowest BCUT2D eigenvalue weighted by molar-refractivity contribution is -0.118. The van der Waals surface area contributed by atoms with Crippen molar-refractivity contribution in [1.82, 2.24) is 14.9 Å². The number of aromatic amines is 1. The Kier molecular flexibility index (Phi) is 8.00. The third-order valence-electron chi connectivity index (χ3n) is 4.86. The van der Waals surface area contributed by atoms with E-state index in [1.807, 2.05) is 32.9 Å². The molecule has 2 rings (SSSR count). The molecule has 10 nitrogen and oxygen atoms in total. The lowest BCUT2D eigenvalue weighted by Crippen LogP contribution is -2.45. The van der Waals surface area contributed by atoms with E-state index in [0.717, 1.165) is 17.5 Å². The molecule has 168 valence electrons. The molecule has 5 N–H and O–H groups in total. The molecule has 0 fully saturated rings. The van der Waals surface area contributed by atoms with Crippen LogP contribution in [0.25, 0.3) is 0 Å². The molecule has 0 saturated carbocycles. The summed E-state index contributed by atoms with van der Waals surface area (Å²) >= 11 is 0. The highest BCUT2D eigenvalue weighted by Gasteiger charge is 2.21. The Balaban J connectivity index is 2.15. The van der Waals surface area contributed by atoms with Gasteiger partial charge in [-0.25, -0.2) is 9.59 Å². The number of aromatic nitrogens is 2. The molecule has 10 heteroatoms. The van der Waals surface area contributed by atoms with Crippen molar-refractivity contribution in [1.29, 1.82) is 0 Å². The molecule has 0 atom stereocenters. The van der Waals surface area contributed by atoms with Gasteiger partial charge in [-0.3, -0.25) is 24.5 Å². The monoisotopic (exact) mass is 430 g/mol. The quantitative estimate of drug-likeness (QED) is 0.502. The molecule has 0 aliphatic carbocycles. The average Bonchev–Trinajstić information content (AvgIpc) is 2.68. The summed E-state index contributed by atoms with van der Waals surface area (Å²) in [6.45, 7) is 7.85. The Morgan fingerprint density at radius 2 is 1.90 bits per heavy atom. The summed E-state index contributed by atoms with van der Waals surface area (Å²) in [5.41, 5.74) is 7.38. The molecule has 0 radical (unpaired) electrons. The second-order valence-electron chi connectivity index (χ2n) is 7.33. The van der Waals surface area contributed by atoms with Gasteiger partial charge in [-0.2, -0.15) is 0 Å². The van der Waals surface area contributed by atoms with E-state index in [0.29, 0.717) is 18.7 Å². The Bertz CT molecular complexity index is 1070. The van der Waals surface area contributed by atoms with E-state index in [1.165, 1.54) is 9.47 Å². The summed E-state index contributed by atoms with van der Waals surface area (Å²) in [5.74, 6) is -0.620. The van der Waals surface area contributed by atoms with Gasteiger partial charge in [0.25, 0.3) is 5.56 Å². The van der Waals surface area contributed by atoms with Crippen LogP contribution in [0.2, 0.25) is 0 Å². The number of unbranched alkanes of at least 4 members (excludes halogenated alkanes) is 1. The fourth-order valence-corrected chi connectivity index (χ4v) is 3.22. The van der Waals surface area contributed by atoms with Crippen LogP contribution in [0.5, 0.6) is 0 Å². The van der Waals surface area contributed by atoms with Crippen LogP contribution in [0.3, 0.4) is 0 Å². The summed E-state index contributed by atoms with van der Waals surface area (Å²) in [4.78, 5) is 52.8. The standard InChI is InChI=1S/C21H30N6O4/c1-5-7-10-27-18(22)17(19(29)25-21(27)31)26(6-2)12-16(28)24-20(30)23-15-9-8-13(3)11-14(15)4/h8-9,11H,5-7,10,12,22H2,1-4H3,(H,25,29,31)(H2,23,24,28,30). The molecule has 1 aromatic carbocycles. The Labute approximate surface area is 180 Å². The number of nitrogens with one attached hydrogen (secondary N) is 3. The SMILES string of the molecule is CCCCn1c(N)c(N(CC)CC(=O)NC(=O)Nc2ccc(C)cc2C)c(=O)[nH]c1=O. The molecule has 0 spiro atoms. The summed E-state index contributed by atoms with van der Waals surface area (Å²) in [7, 11) is 0. The number of rotatable bonds is 8. The van der Waals surface area contributed by atoms with Gasteiger partial charge in [0.1, 0.15) is 11.5 Å². The normalized spacial score (nSPS) is 10.6. The number of hydrogen-bond acceptors (Lipinski definition) is 6. The summed E-state index contributed by atoms with van der Waals surface area (Å²) in [5, 5.41) is 4.89. The van der Waals surface area contributed by atoms with Crippen LogP contribution in [0.1, 0.15) is 37.8 Å². The van der Waals surface area contributed by atoms with Gasteiger partial charge in [-0.15, -0.1) is 0 Å². The van der Waals surface area contributed by atoms with E-state index in [2.05, 4.69) is 15.6 Å². The molecule has 0 aliphatic heterocycles.